The van der Waals surface area contributed by atoms with Gasteiger partial charge in [0.05, 0.1) is 6.04 Å². The number of para-hydroxylation sites is 1. The number of benzene rings is 2. The molecular weight excluding hydrogens is 399 g/mol. The van der Waals surface area contributed by atoms with Crippen LogP contribution in [0.1, 0.15) is 40.4 Å². The Morgan fingerprint density at radius 2 is 1.94 bits per heavy atom. The molecule has 31 heavy (non-hydrogen) atoms. The van der Waals surface area contributed by atoms with E-state index in [0.29, 0.717) is 24.4 Å². The summed E-state index contributed by atoms with van der Waals surface area (Å²) in [6.07, 6.45) is 0.645. The van der Waals surface area contributed by atoms with Crippen molar-refractivity contribution in [2.45, 2.75) is 25.9 Å². The van der Waals surface area contributed by atoms with Gasteiger partial charge in [-0.3, -0.25) is 14.2 Å². The van der Waals surface area contributed by atoms with Gasteiger partial charge in [-0.25, -0.2) is 9.37 Å². The van der Waals surface area contributed by atoms with Crippen molar-refractivity contribution in [2.24, 2.45) is 7.05 Å². The Labute approximate surface area is 178 Å². The van der Waals surface area contributed by atoms with Crippen LogP contribution in [0.5, 0.6) is 5.75 Å². The van der Waals surface area contributed by atoms with E-state index in [1.54, 1.807) is 19.2 Å². The number of fused-ring (bicyclic) bond motifs is 1. The van der Waals surface area contributed by atoms with Crippen LogP contribution in [-0.2, 0) is 20.0 Å². The number of carbonyl (C=O) groups excluding carboxylic acids is 1. The van der Waals surface area contributed by atoms with Gasteiger partial charge in [-0.05, 0) is 36.2 Å². The highest BCUT2D eigenvalue weighted by molar-refractivity contribution is 5.94. The molecule has 1 unspecified atom stereocenters. The Morgan fingerprint density at radius 3 is 2.65 bits per heavy atom. The van der Waals surface area contributed by atoms with E-state index in [0.717, 1.165) is 11.3 Å². The lowest BCUT2D eigenvalue weighted by Gasteiger charge is -2.27. The smallest absolute Gasteiger partial charge is 0.296 e. The van der Waals surface area contributed by atoms with E-state index >= 15 is 0 Å². The van der Waals surface area contributed by atoms with Crippen molar-refractivity contribution in [3.8, 4) is 5.75 Å². The largest absolute Gasteiger partial charge is 0.501 e. The maximum Gasteiger partial charge on any atom is 0.296 e. The molecule has 0 saturated carbocycles. The second-order valence-electron chi connectivity index (χ2n) is 7.48. The fourth-order valence-electron chi connectivity index (χ4n) is 4.00. The zero-order valence-corrected chi connectivity index (χ0v) is 17.3. The zero-order chi connectivity index (χ0) is 22.1. The summed E-state index contributed by atoms with van der Waals surface area (Å²) in [6.45, 7) is 2.83. The van der Waals surface area contributed by atoms with Crippen molar-refractivity contribution in [3.05, 3.63) is 87.3 Å². The number of aromatic hydroxyl groups is 1. The molecule has 1 atom stereocenters. The molecule has 1 amide bonds. The van der Waals surface area contributed by atoms with Gasteiger partial charge in [-0.1, -0.05) is 30.3 Å². The summed E-state index contributed by atoms with van der Waals surface area (Å²) in [6, 6.07) is 13.4. The van der Waals surface area contributed by atoms with E-state index in [2.05, 4.69) is 15.2 Å². The average molecular weight is 422 g/mol. The molecule has 3 aromatic rings. The van der Waals surface area contributed by atoms with E-state index < -0.39 is 17.2 Å². The van der Waals surface area contributed by atoms with Crippen LogP contribution in [0, 0.1) is 5.82 Å². The third kappa shape index (κ3) is 3.76. The van der Waals surface area contributed by atoms with Crippen LogP contribution in [-0.4, -0.2) is 27.1 Å². The van der Waals surface area contributed by atoms with Crippen molar-refractivity contribution in [2.75, 3.05) is 11.4 Å². The van der Waals surface area contributed by atoms with Crippen LogP contribution in [0.3, 0.4) is 0 Å². The number of hydrogen-bond acceptors (Lipinski definition) is 5. The first-order chi connectivity index (χ1) is 14.9. The zero-order valence-electron chi connectivity index (χ0n) is 17.3. The second-order valence-corrected chi connectivity index (χ2v) is 7.48. The Kier molecular flexibility index (Phi) is 5.46. The topological polar surface area (TPSA) is 87.5 Å². The Morgan fingerprint density at radius 1 is 1.23 bits per heavy atom. The van der Waals surface area contributed by atoms with Crippen LogP contribution in [0.4, 0.5) is 10.1 Å². The van der Waals surface area contributed by atoms with Crippen molar-refractivity contribution >= 4 is 11.6 Å². The number of nitrogens with zero attached hydrogens (tertiary/aromatic N) is 3. The van der Waals surface area contributed by atoms with Gasteiger partial charge < -0.3 is 15.3 Å². The highest BCUT2D eigenvalue weighted by Gasteiger charge is 2.33. The monoisotopic (exact) mass is 422 g/mol. The summed E-state index contributed by atoms with van der Waals surface area (Å²) in [5.74, 6) is -1.32. The van der Waals surface area contributed by atoms with Gasteiger partial charge in [0.15, 0.2) is 5.69 Å². The highest BCUT2D eigenvalue weighted by atomic mass is 19.1. The predicted octanol–water partition coefficient (Wildman–Crippen LogP) is 2.68. The van der Waals surface area contributed by atoms with Crippen LogP contribution >= 0.6 is 0 Å². The molecule has 7 nitrogen and oxygen atoms in total. The number of nitrogens with one attached hydrogen (secondary N) is 1. The molecule has 0 bridgehead atoms. The molecule has 1 aliphatic rings. The van der Waals surface area contributed by atoms with Crippen LogP contribution < -0.4 is 15.8 Å². The summed E-state index contributed by atoms with van der Waals surface area (Å²) in [5.41, 5.74) is 1.90. The van der Waals surface area contributed by atoms with Gasteiger partial charge in [0.25, 0.3) is 11.5 Å². The lowest BCUT2D eigenvalue weighted by Crippen LogP contribution is -2.35. The van der Waals surface area contributed by atoms with E-state index in [1.165, 1.54) is 16.7 Å². The molecule has 0 aliphatic carbocycles. The molecule has 4 rings (SSSR count). The lowest BCUT2D eigenvalue weighted by molar-refractivity contribution is 0.0941. The molecule has 2 N–H and O–H groups in total. The third-order valence-electron chi connectivity index (χ3n) is 5.61. The fourth-order valence-corrected chi connectivity index (χ4v) is 4.00. The molecule has 2 aromatic carbocycles. The van der Waals surface area contributed by atoms with Crippen molar-refractivity contribution < 1.29 is 14.3 Å². The minimum Gasteiger partial charge on any atom is -0.501 e. The summed E-state index contributed by atoms with van der Waals surface area (Å²) in [7, 11) is 1.54. The van der Waals surface area contributed by atoms with Gasteiger partial charge in [0, 0.05) is 32.2 Å². The fraction of sp³-hybridized carbons (Fsp3) is 0.261. The first-order valence-electron chi connectivity index (χ1n) is 10.1. The quantitative estimate of drug-likeness (QED) is 0.660. The average Bonchev–Trinajstić information content (AvgIpc) is 3.15. The van der Waals surface area contributed by atoms with E-state index in [1.807, 2.05) is 31.2 Å². The lowest BCUT2D eigenvalue weighted by atomic mass is 10.1. The van der Waals surface area contributed by atoms with Crippen LogP contribution in [0.25, 0.3) is 0 Å². The Hall–Kier alpha value is -3.68. The normalized spacial score (nSPS) is 15.1. The van der Waals surface area contributed by atoms with Crippen molar-refractivity contribution in [3.63, 3.8) is 0 Å². The molecule has 0 spiro atoms. The molecule has 0 radical (unpaired) electrons. The Bertz CT molecular complexity index is 1190. The summed E-state index contributed by atoms with van der Waals surface area (Å²) >= 11 is 0. The second kappa shape index (κ2) is 8.22. The van der Waals surface area contributed by atoms with Crippen LogP contribution in [0.2, 0.25) is 0 Å². The molecule has 1 aliphatic heterocycles. The number of halogens is 1. The minimum atomic E-state index is -0.693. The first-order valence-corrected chi connectivity index (χ1v) is 10.1. The summed E-state index contributed by atoms with van der Waals surface area (Å²) in [4.78, 5) is 32.0. The molecule has 160 valence electrons. The minimum absolute atomic E-state index is 0.112. The molecule has 2 heterocycles. The standard InChI is InChI=1S/C23H23FN4O3/c1-3-28-17-7-5-4-6-15(17)12-18(28)21-26-19(20(29)23(31)27(21)2)22(30)25-13-14-8-10-16(24)11-9-14/h4-11,18,29H,3,12-13H2,1-2H3,(H,25,30). The number of aromatic nitrogens is 2. The maximum atomic E-state index is 13.1. The molecular formula is C23H23FN4O3. The molecule has 0 saturated heterocycles. The molecule has 8 heteroatoms. The van der Waals surface area contributed by atoms with E-state index in [-0.39, 0.29) is 24.1 Å². The van der Waals surface area contributed by atoms with Gasteiger partial charge in [0.2, 0.25) is 5.75 Å². The SMILES string of the molecule is CCN1c2ccccc2CC1c1nc(C(=O)NCc2ccc(F)cc2)c(O)c(=O)n1C. The van der Waals surface area contributed by atoms with E-state index in [4.69, 9.17) is 0 Å². The number of amides is 1. The van der Waals surface area contributed by atoms with Gasteiger partial charge in [-0.15, -0.1) is 0 Å². The van der Waals surface area contributed by atoms with Crippen molar-refractivity contribution in [1.29, 1.82) is 0 Å². The van der Waals surface area contributed by atoms with Gasteiger partial charge >= 0.3 is 0 Å². The number of likely N-dealkylation sites (N-methyl/N-ethyl adjacent to an activating group) is 1. The van der Waals surface area contributed by atoms with E-state index in [9.17, 15) is 19.1 Å². The summed E-state index contributed by atoms with van der Waals surface area (Å²) < 4.78 is 14.4. The van der Waals surface area contributed by atoms with Crippen molar-refractivity contribution in [1.82, 2.24) is 14.9 Å². The van der Waals surface area contributed by atoms with Crippen LogP contribution in [0.15, 0.2) is 53.3 Å². The summed E-state index contributed by atoms with van der Waals surface area (Å²) in [5, 5.41) is 13.0. The van der Waals surface area contributed by atoms with Gasteiger partial charge in [0.1, 0.15) is 11.6 Å². The highest BCUT2D eigenvalue weighted by Crippen LogP contribution is 2.39. The Balaban J connectivity index is 1.65. The number of carbonyl (C=O) groups is 1. The third-order valence-corrected chi connectivity index (χ3v) is 5.61. The molecule has 0 fully saturated rings. The number of rotatable bonds is 5. The number of hydrogen-bond donors (Lipinski definition) is 2. The predicted molar refractivity (Wildman–Crippen MR) is 115 cm³/mol. The maximum absolute atomic E-state index is 13.1. The number of anilines is 1. The van der Waals surface area contributed by atoms with Gasteiger partial charge in [-0.2, -0.15) is 0 Å². The first kappa shape index (κ1) is 20.6. The molecule has 1 aromatic heterocycles.